The number of likely N-dealkylation sites (tertiary alicyclic amines) is 1. The van der Waals surface area contributed by atoms with E-state index >= 15 is 0 Å². The van der Waals surface area contributed by atoms with E-state index in [1.54, 1.807) is 7.11 Å². The van der Waals surface area contributed by atoms with Crippen LogP contribution in [0.15, 0.2) is 30.3 Å². The third-order valence-electron chi connectivity index (χ3n) is 5.70. The smallest absolute Gasteiger partial charge is 0.271 e. The van der Waals surface area contributed by atoms with Gasteiger partial charge in [-0.3, -0.25) is 14.8 Å². The van der Waals surface area contributed by atoms with E-state index in [1.165, 1.54) is 0 Å². The second kappa shape index (κ2) is 8.75. The van der Waals surface area contributed by atoms with Crippen molar-refractivity contribution in [3.63, 3.8) is 0 Å². The minimum Gasteiger partial charge on any atom is -0.497 e. The van der Waals surface area contributed by atoms with Crippen molar-refractivity contribution in [3.8, 4) is 17.0 Å². The molecule has 2 fully saturated rings. The summed E-state index contributed by atoms with van der Waals surface area (Å²) in [6.45, 7) is 6.47. The molecule has 2 aromatic rings. The van der Waals surface area contributed by atoms with E-state index in [4.69, 9.17) is 9.47 Å². The molecule has 7 heteroatoms. The van der Waals surface area contributed by atoms with E-state index in [0.29, 0.717) is 11.6 Å². The molecule has 2 aliphatic heterocycles. The Labute approximate surface area is 165 Å². The Bertz CT molecular complexity index is 792. The monoisotopic (exact) mass is 384 g/mol. The molecule has 1 amide bonds. The van der Waals surface area contributed by atoms with Crippen molar-refractivity contribution in [1.82, 2.24) is 20.0 Å². The number of nitrogens with one attached hydrogen (secondary N) is 1. The zero-order chi connectivity index (χ0) is 19.3. The van der Waals surface area contributed by atoms with Crippen LogP contribution in [-0.2, 0) is 4.74 Å². The molecule has 1 N–H and O–H groups in total. The van der Waals surface area contributed by atoms with Crippen molar-refractivity contribution in [2.45, 2.75) is 12.8 Å². The van der Waals surface area contributed by atoms with Gasteiger partial charge in [-0.1, -0.05) is 12.1 Å². The highest BCUT2D eigenvalue weighted by Crippen LogP contribution is 2.24. The molecule has 1 aromatic heterocycles. The van der Waals surface area contributed by atoms with E-state index in [9.17, 15) is 4.79 Å². The summed E-state index contributed by atoms with van der Waals surface area (Å²) >= 11 is 0. The SMILES string of the molecule is COc1cccc(-c2cc(C(=O)N3CCC(CN4CCOCC4)CC3)[nH]n2)c1. The van der Waals surface area contributed by atoms with Gasteiger partial charge < -0.3 is 14.4 Å². The van der Waals surface area contributed by atoms with Crippen LogP contribution in [0.25, 0.3) is 11.3 Å². The van der Waals surface area contributed by atoms with Gasteiger partial charge in [-0.2, -0.15) is 5.10 Å². The topological polar surface area (TPSA) is 70.7 Å². The minimum absolute atomic E-state index is 0.0338. The third-order valence-corrected chi connectivity index (χ3v) is 5.70. The summed E-state index contributed by atoms with van der Waals surface area (Å²) in [5.74, 6) is 1.47. The lowest BCUT2D eigenvalue weighted by atomic mass is 9.95. The Balaban J connectivity index is 1.33. The zero-order valence-corrected chi connectivity index (χ0v) is 16.4. The molecule has 0 aliphatic carbocycles. The van der Waals surface area contributed by atoms with E-state index in [-0.39, 0.29) is 5.91 Å². The van der Waals surface area contributed by atoms with Gasteiger partial charge in [-0.15, -0.1) is 0 Å². The first kappa shape index (κ1) is 19.0. The highest BCUT2D eigenvalue weighted by Gasteiger charge is 2.26. The Kier molecular flexibility index (Phi) is 5.92. The number of ether oxygens (including phenoxy) is 2. The second-order valence-electron chi connectivity index (χ2n) is 7.55. The van der Waals surface area contributed by atoms with Gasteiger partial charge in [0.25, 0.3) is 5.91 Å². The van der Waals surface area contributed by atoms with Gasteiger partial charge >= 0.3 is 0 Å². The number of hydrogen-bond acceptors (Lipinski definition) is 5. The Morgan fingerprint density at radius 3 is 2.75 bits per heavy atom. The highest BCUT2D eigenvalue weighted by atomic mass is 16.5. The van der Waals surface area contributed by atoms with E-state index in [0.717, 1.165) is 75.8 Å². The van der Waals surface area contributed by atoms with Gasteiger partial charge in [0, 0.05) is 38.3 Å². The van der Waals surface area contributed by atoms with Crippen LogP contribution in [0.2, 0.25) is 0 Å². The van der Waals surface area contributed by atoms with Crippen molar-refractivity contribution in [2.75, 3.05) is 53.0 Å². The molecule has 7 nitrogen and oxygen atoms in total. The largest absolute Gasteiger partial charge is 0.497 e. The predicted molar refractivity (Wildman–Crippen MR) is 106 cm³/mol. The van der Waals surface area contributed by atoms with E-state index < -0.39 is 0 Å². The zero-order valence-electron chi connectivity index (χ0n) is 16.4. The lowest BCUT2D eigenvalue weighted by Crippen LogP contribution is -2.44. The lowest BCUT2D eigenvalue weighted by molar-refractivity contribution is 0.0242. The summed E-state index contributed by atoms with van der Waals surface area (Å²) in [6, 6.07) is 9.52. The van der Waals surface area contributed by atoms with Crippen LogP contribution in [-0.4, -0.2) is 79.0 Å². The lowest BCUT2D eigenvalue weighted by Gasteiger charge is -2.35. The number of nitrogens with zero attached hydrogens (tertiary/aromatic N) is 3. The number of hydrogen-bond donors (Lipinski definition) is 1. The Morgan fingerprint density at radius 1 is 1.21 bits per heavy atom. The Hall–Kier alpha value is -2.38. The molecular formula is C21H28N4O3. The summed E-state index contributed by atoms with van der Waals surface area (Å²) in [4.78, 5) is 17.3. The maximum Gasteiger partial charge on any atom is 0.271 e. The number of piperidine rings is 1. The van der Waals surface area contributed by atoms with Crippen molar-refractivity contribution in [1.29, 1.82) is 0 Å². The van der Waals surface area contributed by atoms with Crippen LogP contribution in [0.4, 0.5) is 0 Å². The molecule has 0 bridgehead atoms. The standard InChI is InChI=1S/C21H28N4O3/c1-27-18-4-2-3-17(13-18)19-14-20(23-22-19)21(26)25-7-5-16(6-8-25)15-24-9-11-28-12-10-24/h2-4,13-14,16H,5-12,15H2,1H3,(H,22,23). The summed E-state index contributed by atoms with van der Waals surface area (Å²) in [6.07, 6.45) is 2.11. The summed E-state index contributed by atoms with van der Waals surface area (Å²) in [5.41, 5.74) is 2.23. The van der Waals surface area contributed by atoms with Gasteiger partial charge in [0.05, 0.1) is 26.0 Å². The van der Waals surface area contributed by atoms with Crippen molar-refractivity contribution in [3.05, 3.63) is 36.0 Å². The fourth-order valence-corrected chi connectivity index (χ4v) is 4.00. The first-order chi connectivity index (χ1) is 13.7. The van der Waals surface area contributed by atoms with Crippen LogP contribution in [0, 0.1) is 5.92 Å². The van der Waals surface area contributed by atoms with Gasteiger partial charge in [0.2, 0.25) is 0 Å². The molecule has 1 aromatic carbocycles. The average Bonchev–Trinajstić information content (AvgIpc) is 3.25. The third kappa shape index (κ3) is 4.36. The number of aromatic amines is 1. The molecule has 3 heterocycles. The highest BCUT2D eigenvalue weighted by molar-refractivity contribution is 5.93. The maximum atomic E-state index is 12.9. The molecule has 0 spiro atoms. The fraction of sp³-hybridized carbons (Fsp3) is 0.524. The van der Waals surface area contributed by atoms with Crippen molar-refractivity contribution < 1.29 is 14.3 Å². The number of benzene rings is 1. The van der Waals surface area contributed by atoms with Gasteiger partial charge in [-0.25, -0.2) is 0 Å². The summed E-state index contributed by atoms with van der Waals surface area (Å²) < 4.78 is 10.7. The molecule has 0 saturated carbocycles. The van der Waals surface area contributed by atoms with Crippen molar-refractivity contribution >= 4 is 5.91 Å². The molecule has 0 radical (unpaired) electrons. The number of carbonyl (C=O) groups excluding carboxylic acids is 1. The number of methoxy groups -OCH3 is 1. The number of amides is 1. The molecule has 2 saturated heterocycles. The van der Waals surface area contributed by atoms with Crippen LogP contribution < -0.4 is 4.74 Å². The van der Waals surface area contributed by atoms with Gasteiger partial charge in [-0.05, 0) is 37.0 Å². The van der Waals surface area contributed by atoms with Crippen LogP contribution in [0.3, 0.4) is 0 Å². The number of carbonyl (C=O) groups is 1. The van der Waals surface area contributed by atoms with E-state index in [1.807, 2.05) is 35.2 Å². The number of aromatic nitrogens is 2. The molecule has 0 unspecified atom stereocenters. The summed E-state index contributed by atoms with van der Waals surface area (Å²) in [7, 11) is 1.64. The summed E-state index contributed by atoms with van der Waals surface area (Å²) in [5, 5.41) is 7.24. The number of morpholine rings is 1. The fourth-order valence-electron chi connectivity index (χ4n) is 4.00. The van der Waals surface area contributed by atoms with Gasteiger partial charge in [0.15, 0.2) is 0 Å². The first-order valence-electron chi connectivity index (χ1n) is 10.0. The first-order valence-corrected chi connectivity index (χ1v) is 10.0. The van der Waals surface area contributed by atoms with E-state index in [2.05, 4.69) is 15.1 Å². The molecule has 2 aliphatic rings. The maximum absolute atomic E-state index is 12.9. The number of rotatable bonds is 5. The Morgan fingerprint density at radius 2 is 2.00 bits per heavy atom. The normalized spacial score (nSPS) is 19.0. The number of H-pyrrole nitrogens is 1. The minimum atomic E-state index is 0.0338. The van der Waals surface area contributed by atoms with Gasteiger partial charge in [0.1, 0.15) is 11.4 Å². The van der Waals surface area contributed by atoms with Crippen LogP contribution >= 0.6 is 0 Å². The molecular weight excluding hydrogens is 356 g/mol. The second-order valence-corrected chi connectivity index (χ2v) is 7.55. The molecule has 150 valence electrons. The van der Waals surface area contributed by atoms with Crippen molar-refractivity contribution in [2.24, 2.45) is 5.92 Å². The molecule has 28 heavy (non-hydrogen) atoms. The molecule has 4 rings (SSSR count). The average molecular weight is 384 g/mol. The quantitative estimate of drug-likeness (QED) is 0.856. The van der Waals surface area contributed by atoms with Crippen LogP contribution in [0.5, 0.6) is 5.75 Å². The molecule has 0 atom stereocenters. The van der Waals surface area contributed by atoms with Crippen LogP contribution in [0.1, 0.15) is 23.3 Å². The predicted octanol–water partition coefficient (Wildman–Crippen LogP) is 2.27.